The summed E-state index contributed by atoms with van der Waals surface area (Å²) in [7, 11) is 0. The summed E-state index contributed by atoms with van der Waals surface area (Å²) in [6.07, 6.45) is 1.50. The molecule has 0 unspecified atom stereocenters. The Bertz CT molecular complexity index is 980. The van der Waals surface area contributed by atoms with E-state index in [2.05, 4.69) is 32.9 Å². The highest BCUT2D eigenvalue weighted by atomic mass is 127. The number of aromatic nitrogens is 1. The van der Waals surface area contributed by atoms with Crippen molar-refractivity contribution in [2.45, 2.75) is 13.5 Å². The molecule has 3 rings (SSSR count). The lowest BCUT2D eigenvalue weighted by atomic mass is 10.1. The molecule has 1 aromatic carbocycles. The number of pyridine rings is 1. The molecule has 0 saturated carbocycles. The molecule has 2 N–H and O–H groups in total. The van der Waals surface area contributed by atoms with Gasteiger partial charge >= 0.3 is 5.63 Å². The van der Waals surface area contributed by atoms with Gasteiger partial charge in [0.2, 0.25) is 0 Å². The van der Waals surface area contributed by atoms with E-state index >= 15 is 0 Å². The van der Waals surface area contributed by atoms with Gasteiger partial charge in [-0.15, -0.1) is 0 Å². The summed E-state index contributed by atoms with van der Waals surface area (Å²) < 4.78 is 6.29. The fourth-order valence-corrected chi connectivity index (χ4v) is 2.66. The van der Waals surface area contributed by atoms with Crippen molar-refractivity contribution >= 4 is 45.2 Å². The summed E-state index contributed by atoms with van der Waals surface area (Å²) in [5.41, 5.74) is 0.990. The molecule has 0 radical (unpaired) electrons. The fourth-order valence-electron chi connectivity index (χ4n) is 2.30. The lowest BCUT2D eigenvalue weighted by Gasteiger charge is -2.08. The van der Waals surface area contributed by atoms with Crippen molar-refractivity contribution in [3.8, 4) is 0 Å². The number of hydrogen-bond acceptors (Lipinski definition) is 5. The smallest absolute Gasteiger partial charge is 0.349 e. The maximum absolute atomic E-state index is 12.4. The molecule has 2 heterocycles. The number of carbonyl (C=O) groups excluding carboxylic acids is 1. The highest BCUT2D eigenvalue weighted by Crippen LogP contribution is 2.21. The second-order valence-electron chi connectivity index (χ2n) is 5.18. The SMILES string of the molecule is Cc1ncc(CO)c2cc(C(=O)Nc3ccc(I)cc3)c(=O)oc12. The molecule has 0 aliphatic heterocycles. The number of nitrogens with zero attached hydrogens (tertiary/aromatic N) is 1. The van der Waals surface area contributed by atoms with E-state index in [0.717, 1.165) is 3.57 Å². The van der Waals surface area contributed by atoms with E-state index in [1.807, 2.05) is 12.1 Å². The Morgan fingerprint density at radius 3 is 2.71 bits per heavy atom. The first-order valence-corrected chi connectivity index (χ1v) is 8.17. The number of nitrogens with one attached hydrogen (secondary N) is 1. The van der Waals surface area contributed by atoms with Gasteiger partial charge in [-0.25, -0.2) is 4.79 Å². The van der Waals surface area contributed by atoms with Crippen LogP contribution in [0.5, 0.6) is 0 Å². The standard InChI is InChI=1S/C17H13IN2O4/c1-9-15-13(10(8-21)7-19-9)6-14(17(23)24-15)16(22)20-12-4-2-11(18)3-5-12/h2-7,21H,8H2,1H3,(H,20,22). The monoisotopic (exact) mass is 436 g/mol. The molecule has 0 bridgehead atoms. The van der Waals surface area contributed by atoms with Crippen molar-refractivity contribution < 1.29 is 14.3 Å². The maximum Gasteiger partial charge on any atom is 0.349 e. The van der Waals surface area contributed by atoms with Crippen molar-refractivity contribution in [1.29, 1.82) is 0 Å². The van der Waals surface area contributed by atoms with E-state index in [1.165, 1.54) is 12.3 Å². The van der Waals surface area contributed by atoms with Gasteiger partial charge in [0.05, 0.1) is 12.3 Å². The molecular formula is C17H13IN2O4. The van der Waals surface area contributed by atoms with Crippen molar-refractivity contribution in [2.24, 2.45) is 0 Å². The molecule has 3 aromatic rings. The quantitative estimate of drug-likeness (QED) is 0.617. The summed E-state index contributed by atoms with van der Waals surface area (Å²) >= 11 is 2.16. The molecule has 0 atom stereocenters. The molecule has 1 amide bonds. The second-order valence-corrected chi connectivity index (χ2v) is 6.42. The van der Waals surface area contributed by atoms with Crippen LogP contribution in [-0.2, 0) is 6.61 Å². The summed E-state index contributed by atoms with van der Waals surface area (Å²) in [4.78, 5) is 28.6. The minimum Gasteiger partial charge on any atom is -0.420 e. The van der Waals surface area contributed by atoms with E-state index in [9.17, 15) is 14.7 Å². The minimum atomic E-state index is -0.745. The summed E-state index contributed by atoms with van der Waals surface area (Å²) in [6, 6.07) is 8.62. The maximum atomic E-state index is 12.4. The zero-order chi connectivity index (χ0) is 17.3. The number of rotatable bonds is 3. The van der Waals surface area contributed by atoms with Crippen LogP contribution in [0, 0.1) is 10.5 Å². The van der Waals surface area contributed by atoms with Gasteiger partial charge in [-0.1, -0.05) is 0 Å². The van der Waals surface area contributed by atoms with Gasteiger partial charge in [-0.3, -0.25) is 9.78 Å². The number of aliphatic hydroxyl groups is 1. The molecule has 2 aromatic heterocycles. The van der Waals surface area contributed by atoms with E-state index in [4.69, 9.17) is 4.42 Å². The first-order valence-electron chi connectivity index (χ1n) is 7.09. The lowest BCUT2D eigenvalue weighted by molar-refractivity contribution is 0.102. The number of hydrogen-bond donors (Lipinski definition) is 2. The van der Waals surface area contributed by atoms with Crippen molar-refractivity contribution in [2.75, 3.05) is 5.32 Å². The number of aryl methyl sites for hydroxylation is 1. The van der Waals surface area contributed by atoms with Gasteiger partial charge < -0.3 is 14.8 Å². The Balaban J connectivity index is 2.05. The average Bonchev–Trinajstić information content (AvgIpc) is 2.57. The molecule has 0 saturated heterocycles. The van der Waals surface area contributed by atoms with E-state index in [-0.39, 0.29) is 17.8 Å². The molecule has 6 nitrogen and oxygen atoms in total. The highest BCUT2D eigenvalue weighted by molar-refractivity contribution is 14.1. The van der Waals surface area contributed by atoms with Crippen LogP contribution < -0.4 is 10.9 Å². The van der Waals surface area contributed by atoms with Crippen LogP contribution in [0.4, 0.5) is 5.69 Å². The third-order valence-electron chi connectivity index (χ3n) is 3.55. The van der Waals surface area contributed by atoms with Crippen LogP contribution in [-0.4, -0.2) is 16.0 Å². The topological polar surface area (TPSA) is 92.4 Å². The number of benzene rings is 1. The minimum absolute atomic E-state index is 0.124. The first-order chi connectivity index (χ1) is 11.5. The molecule has 0 aliphatic rings. The van der Waals surface area contributed by atoms with Crippen LogP contribution in [0.2, 0.25) is 0 Å². The molecule has 0 fully saturated rings. The number of carbonyl (C=O) groups is 1. The number of anilines is 1. The van der Waals surface area contributed by atoms with Crippen molar-refractivity contribution in [3.63, 3.8) is 0 Å². The van der Waals surface area contributed by atoms with Crippen molar-refractivity contribution in [3.05, 3.63) is 67.3 Å². The summed E-state index contributed by atoms with van der Waals surface area (Å²) in [5, 5.41) is 12.6. The number of aliphatic hydroxyl groups excluding tert-OH is 1. The molecule has 0 aliphatic carbocycles. The van der Waals surface area contributed by atoms with Crippen molar-refractivity contribution in [1.82, 2.24) is 4.98 Å². The third-order valence-corrected chi connectivity index (χ3v) is 4.27. The molecular weight excluding hydrogens is 423 g/mol. The zero-order valence-corrected chi connectivity index (χ0v) is 14.8. The fraction of sp³-hybridized carbons (Fsp3) is 0.118. The van der Waals surface area contributed by atoms with Gasteiger partial charge in [0.1, 0.15) is 5.56 Å². The lowest BCUT2D eigenvalue weighted by Crippen LogP contribution is -2.21. The summed E-state index contributed by atoms with van der Waals surface area (Å²) in [5.74, 6) is -0.565. The first kappa shape index (κ1) is 16.6. The largest absolute Gasteiger partial charge is 0.420 e. The number of halogens is 1. The third kappa shape index (κ3) is 3.17. The Morgan fingerprint density at radius 2 is 2.04 bits per heavy atom. The van der Waals surface area contributed by atoms with E-state index in [0.29, 0.717) is 22.3 Å². The normalized spacial score (nSPS) is 10.8. The predicted octanol–water partition coefficient (Wildman–Crippen LogP) is 2.85. The van der Waals surface area contributed by atoms with Gasteiger partial charge in [-0.05, 0) is 59.8 Å². The van der Waals surface area contributed by atoms with Crippen LogP contribution in [0.25, 0.3) is 11.0 Å². The van der Waals surface area contributed by atoms with Gasteiger partial charge in [0.25, 0.3) is 5.91 Å². The second kappa shape index (κ2) is 6.70. The predicted molar refractivity (Wildman–Crippen MR) is 98.1 cm³/mol. The summed E-state index contributed by atoms with van der Waals surface area (Å²) in [6.45, 7) is 1.42. The van der Waals surface area contributed by atoms with Crippen LogP contribution in [0.1, 0.15) is 21.6 Å². The van der Waals surface area contributed by atoms with Gasteiger partial charge in [-0.2, -0.15) is 0 Å². The van der Waals surface area contributed by atoms with E-state index in [1.54, 1.807) is 19.1 Å². The van der Waals surface area contributed by atoms with Crippen LogP contribution in [0.15, 0.2) is 45.7 Å². The molecule has 122 valence electrons. The average molecular weight is 436 g/mol. The number of fused-ring (bicyclic) bond motifs is 1. The molecule has 0 spiro atoms. The Kier molecular flexibility index (Phi) is 4.63. The Labute approximate surface area is 150 Å². The highest BCUT2D eigenvalue weighted by Gasteiger charge is 2.17. The molecule has 24 heavy (non-hydrogen) atoms. The van der Waals surface area contributed by atoms with Gasteiger partial charge in [0.15, 0.2) is 5.58 Å². The van der Waals surface area contributed by atoms with Crippen LogP contribution in [0.3, 0.4) is 0 Å². The molecule has 7 heteroatoms. The number of amides is 1. The zero-order valence-electron chi connectivity index (χ0n) is 12.7. The Hall–Kier alpha value is -2.26. The van der Waals surface area contributed by atoms with Gasteiger partial charge in [0, 0.05) is 26.4 Å². The van der Waals surface area contributed by atoms with Crippen LogP contribution >= 0.6 is 22.6 Å². The van der Waals surface area contributed by atoms with E-state index < -0.39 is 11.5 Å². The Morgan fingerprint density at radius 1 is 1.33 bits per heavy atom.